The second-order valence-corrected chi connectivity index (χ2v) is 2.60. The summed E-state index contributed by atoms with van der Waals surface area (Å²) < 4.78 is 0. The highest BCUT2D eigenvalue weighted by Gasteiger charge is 1.98. The van der Waals surface area contributed by atoms with Crippen LogP contribution in [0, 0.1) is 19.3 Å². The molecule has 0 aliphatic heterocycles. The van der Waals surface area contributed by atoms with Crippen molar-refractivity contribution in [3.8, 4) is 12.3 Å². The first-order chi connectivity index (χ1) is 5.74. The highest BCUT2D eigenvalue weighted by atomic mass is 16.5. The van der Waals surface area contributed by atoms with Gasteiger partial charge in [-0.3, -0.25) is 5.21 Å². The quantitative estimate of drug-likeness (QED) is 0.528. The number of anilines is 1. The molecule has 0 amide bonds. The number of hydrogen-bond acceptors (Lipinski definition) is 2. The fourth-order valence-electron chi connectivity index (χ4n) is 0.895. The lowest BCUT2D eigenvalue weighted by Crippen LogP contribution is -2.17. The summed E-state index contributed by atoms with van der Waals surface area (Å²) in [5.74, 6) is 2.36. The molecule has 0 fully saturated rings. The maximum absolute atomic E-state index is 9.30. The van der Waals surface area contributed by atoms with Crippen LogP contribution in [-0.2, 0) is 0 Å². The average Bonchev–Trinajstić information content (AvgIpc) is 2.06. The average molecular weight is 161 g/mol. The molecule has 0 saturated heterocycles. The third-order valence-corrected chi connectivity index (χ3v) is 1.57. The third-order valence-electron chi connectivity index (χ3n) is 1.57. The SMILES string of the molecule is C#CCN(O)c1ccc(C)cc1. The van der Waals surface area contributed by atoms with Crippen LogP contribution in [0.25, 0.3) is 0 Å². The Labute approximate surface area is 72.4 Å². The Morgan fingerprint density at radius 2 is 2.00 bits per heavy atom. The van der Waals surface area contributed by atoms with E-state index < -0.39 is 0 Å². The lowest BCUT2D eigenvalue weighted by molar-refractivity contribution is 0.268. The molecule has 0 bridgehead atoms. The van der Waals surface area contributed by atoms with Gasteiger partial charge < -0.3 is 0 Å². The minimum Gasteiger partial charge on any atom is -0.287 e. The molecule has 2 heteroatoms. The van der Waals surface area contributed by atoms with Gasteiger partial charge in [-0.05, 0) is 19.1 Å². The van der Waals surface area contributed by atoms with Gasteiger partial charge in [-0.15, -0.1) is 6.42 Å². The number of hydrogen-bond donors (Lipinski definition) is 1. The van der Waals surface area contributed by atoms with E-state index in [0.29, 0.717) is 0 Å². The fraction of sp³-hybridized carbons (Fsp3) is 0.200. The Kier molecular flexibility index (Phi) is 2.73. The van der Waals surface area contributed by atoms with Gasteiger partial charge in [-0.25, -0.2) is 5.06 Å². The number of rotatable bonds is 2. The van der Waals surface area contributed by atoms with E-state index in [9.17, 15) is 5.21 Å². The van der Waals surface area contributed by atoms with Crippen molar-refractivity contribution in [2.24, 2.45) is 0 Å². The predicted molar refractivity (Wildman–Crippen MR) is 49.1 cm³/mol. The lowest BCUT2D eigenvalue weighted by atomic mass is 10.2. The van der Waals surface area contributed by atoms with Crippen molar-refractivity contribution in [1.82, 2.24) is 0 Å². The van der Waals surface area contributed by atoms with Crippen molar-refractivity contribution in [1.29, 1.82) is 0 Å². The van der Waals surface area contributed by atoms with Gasteiger partial charge in [0.15, 0.2) is 0 Å². The van der Waals surface area contributed by atoms with Crippen molar-refractivity contribution in [2.45, 2.75) is 6.92 Å². The van der Waals surface area contributed by atoms with E-state index >= 15 is 0 Å². The second kappa shape index (κ2) is 3.80. The zero-order valence-corrected chi connectivity index (χ0v) is 6.99. The van der Waals surface area contributed by atoms with Crippen LogP contribution < -0.4 is 5.06 Å². The molecule has 0 aliphatic carbocycles. The summed E-state index contributed by atoms with van der Waals surface area (Å²) >= 11 is 0. The molecule has 0 aliphatic rings. The largest absolute Gasteiger partial charge is 0.287 e. The number of hydroxylamine groups is 1. The first kappa shape index (κ1) is 8.63. The summed E-state index contributed by atoms with van der Waals surface area (Å²) in [5, 5.41) is 10.3. The molecule has 0 atom stereocenters. The molecule has 1 aromatic carbocycles. The Balaban J connectivity index is 2.76. The number of aryl methyl sites for hydroxylation is 1. The Hall–Kier alpha value is -1.46. The zero-order chi connectivity index (χ0) is 8.97. The summed E-state index contributed by atoms with van der Waals surface area (Å²) in [7, 11) is 0. The lowest BCUT2D eigenvalue weighted by Gasteiger charge is -2.13. The maximum Gasteiger partial charge on any atom is 0.106 e. The van der Waals surface area contributed by atoms with Gasteiger partial charge in [0.05, 0.1) is 5.69 Å². The van der Waals surface area contributed by atoms with Gasteiger partial charge in [0.25, 0.3) is 0 Å². The predicted octanol–water partition coefficient (Wildman–Crippen LogP) is 1.82. The molecule has 62 valence electrons. The molecule has 0 unspecified atom stereocenters. The van der Waals surface area contributed by atoms with Crippen LogP contribution >= 0.6 is 0 Å². The summed E-state index contributed by atoms with van der Waals surface area (Å²) in [6.07, 6.45) is 5.05. The monoisotopic (exact) mass is 161 g/mol. The van der Waals surface area contributed by atoms with E-state index in [1.807, 2.05) is 31.2 Å². The molecular formula is C10H11NO. The van der Waals surface area contributed by atoms with Gasteiger partial charge in [0.2, 0.25) is 0 Å². The van der Waals surface area contributed by atoms with E-state index in [1.165, 1.54) is 0 Å². The van der Waals surface area contributed by atoms with Crippen LogP contribution in [0.4, 0.5) is 5.69 Å². The first-order valence-electron chi connectivity index (χ1n) is 3.70. The molecular weight excluding hydrogens is 150 g/mol. The fourth-order valence-corrected chi connectivity index (χ4v) is 0.895. The molecule has 12 heavy (non-hydrogen) atoms. The molecule has 1 rings (SSSR count). The van der Waals surface area contributed by atoms with Crippen LogP contribution in [0.1, 0.15) is 5.56 Å². The van der Waals surface area contributed by atoms with Gasteiger partial charge in [-0.2, -0.15) is 0 Å². The number of nitrogens with zero attached hydrogens (tertiary/aromatic N) is 1. The molecule has 0 heterocycles. The van der Waals surface area contributed by atoms with Crippen molar-refractivity contribution in [3.05, 3.63) is 29.8 Å². The normalized spacial score (nSPS) is 9.08. The number of benzene rings is 1. The van der Waals surface area contributed by atoms with Crippen molar-refractivity contribution in [3.63, 3.8) is 0 Å². The Morgan fingerprint density at radius 1 is 1.42 bits per heavy atom. The molecule has 0 spiro atoms. The summed E-state index contributed by atoms with van der Waals surface area (Å²) in [4.78, 5) is 0. The van der Waals surface area contributed by atoms with Crippen LogP contribution in [0.5, 0.6) is 0 Å². The minimum absolute atomic E-state index is 0.211. The van der Waals surface area contributed by atoms with Gasteiger partial charge in [0, 0.05) is 0 Å². The topological polar surface area (TPSA) is 23.5 Å². The van der Waals surface area contributed by atoms with Crippen molar-refractivity contribution in [2.75, 3.05) is 11.6 Å². The van der Waals surface area contributed by atoms with Gasteiger partial charge >= 0.3 is 0 Å². The second-order valence-electron chi connectivity index (χ2n) is 2.60. The molecule has 1 aromatic rings. The van der Waals surface area contributed by atoms with Crippen LogP contribution in [0.3, 0.4) is 0 Å². The van der Waals surface area contributed by atoms with Crippen LogP contribution in [0.2, 0.25) is 0 Å². The molecule has 0 aromatic heterocycles. The Bertz CT molecular complexity index is 284. The van der Waals surface area contributed by atoms with E-state index in [2.05, 4.69) is 5.92 Å². The Morgan fingerprint density at radius 3 is 2.50 bits per heavy atom. The molecule has 0 saturated carbocycles. The van der Waals surface area contributed by atoms with Gasteiger partial charge in [-0.1, -0.05) is 23.6 Å². The van der Waals surface area contributed by atoms with E-state index in [-0.39, 0.29) is 6.54 Å². The van der Waals surface area contributed by atoms with Crippen LogP contribution in [-0.4, -0.2) is 11.8 Å². The van der Waals surface area contributed by atoms with Crippen molar-refractivity contribution < 1.29 is 5.21 Å². The number of terminal acetylenes is 1. The van der Waals surface area contributed by atoms with E-state index in [1.54, 1.807) is 0 Å². The molecule has 2 nitrogen and oxygen atoms in total. The summed E-state index contributed by atoms with van der Waals surface area (Å²) in [5.41, 5.74) is 1.88. The van der Waals surface area contributed by atoms with Crippen LogP contribution in [0.15, 0.2) is 24.3 Å². The highest BCUT2D eigenvalue weighted by Crippen LogP contribution is 2.11. The first-order valence-corrected chi connectivity index (χ1v) is 3.70. The smallest absolute Gasteiger partial charge is 0.106 e. The van der Waals surface area contributed by atoms with E-state index in [4.69, 9.17) is 6.42 Å². The summed E-state index contributed by atoms with van der Waals surface area (Å²) in [6.45, 7) is 2.20. The maximum atomic E-state index is 9.30. The van der Waals surface area contributed by atoms with Crippen molar-refractivity contribution >= 4 is 5.69 Å². The molecule has 1 N–H and O–H groups in total. The minimum atomic E-state index is 0.211. The third kappa shape index (κ3) is 2.01. The highest BCUT2D eigenvalue weighted by molar-refractivity contribution is 5.45. The molecule has 0 radical (unpaired) electrons. The zero-order valence-electron chi connectivity index (χ0n) is 6.99. The summed E-state index contributed by atoms with van der Waals surface area (Å²) in [6, 6.07) is 7.50. The van der Waals surface area contributed by atoms with Gasteiger partial charge in [0.1, 0.15) is 6.54 Å². The van der Waals surface area contributed by atoms with E-state index in [0.717, 1.165) is 16.3 Å². The standard InChI is InChI=1S/C10H11NO/c1-3-8-11(12)10-6-4-9(2)5-7-10/h1,4-7,12H,8H2,2H3.